The van der Waals surface area contributed by atoms with Crippen LogP contribution in [-0.4, -0.2) is 13.6 Å². The van der Waals surface area contributed by atoms with E-state index in [0.717, 1.165) is 0 Å². The molecule has 2 heteroatoms. The minimum Gasteiger partial charge on any atom is -0.375 e. The predicted octanol–water partition coefficient (Wildman–Crippen LogP) is 6.77. The van der Waals surface area contributed by atoms with Gasteiger partial charge < -0.3 is 4.90 Å². The van der Waals surface area contributed by atoms with Crippen LogP contribution in [0.3, 0.4) is 0 Å². The zero-order valence-corrected chi connectivity index (χ0v) is 15.8. The number of hydrogen-bond donors (Lipinski definition) is 0. The molecule has 22 heavy (non-hydrogen) atoms. The van der Waals surface area contributed by atoms with Crippen LogP contribution in [0, 0.1) is 6.92 Å². The molecule has 0 amide bonds. The highest BCUT2D eigenvalue weighted by molar-refractivity contribution is 5.85. The van der Waals surface area contributed by atoms with Crippen LogP contribution in [0.15, 0.2) is 24.3 Å². The third-order valence-electron chi connectivity index (χ3n) is 4.32. The molecule has 0 bridgehead atoms. The van der Waals surface area contributed by atoms with E-state index in [-0.39, 0.29) is 12.4 Å². The topological polar surface area (TPSA) is 3.24 Å². The van der Waals surface area contributed by atoms with Gasteiger partial charge in [0.1, 0.15) is 0 Å². The van der Waals surface area contributed by atoms with Gasteiger partial charge in [0.25, 0.3) is 0 Å². The summed E-state index contributed by atoms with van der Waals surface area (Å²) in [4.78, 5) is 2.38. The van der Waals surface area contributed by atoms with E-state index < -0.39 is 0 Å². The molecule has 0 saturated carbocycles. The summed E-state index contributed by atoms with van der Waals surface area (Å²) in [6.07, 6.45) is 14.1. The summed E-state index contributed by atoms with van der Waals surface area (Å²) in [7, 11) is 2.21. The third-order valence-corrected chi connectivity index (χ3v) is 4.32. The number of aryl methyl sites for hydroxylation is 1. The van der Waals surface area contributed by atoms with Gasteiger partial charge in [0.2, 0.25) is 0 Å². The van der Waals surface area contributed by atoms with E-state index in [2.05, 4.69) is 50.1 Å². The number of anilines is 1. The van der Waals surface area contributed by atoms with Crippen LogP contribution in [-0.2, 0) is 0 Å². The second-order valence-corrected chi connectivity index (χ2v) is 6.44. The van der Waals surface area contributed by atoms with Crippen molar-refractivity contribution in [3.63, 3.8) is 0 Å². The molecular weight excluding hydrogens is 290 g/mol. The minimum absolute atomic E-state index is 0. The smallest absolute Gasteiger partial charge is 0.0363 e. The lowest BCUT2D eigenvalue weighted by Crippen LogP contribution is -2.18. The number of nitrogens with zero attached hydrogens (tertiary/aromatic N) is 1. The van der Waals surface area contributed by atoms with Gasteiger partial charge in [0.05, 0.1) is 0 Å². The first-order valence-corrected chi connectivity index (χ1v) is 9.02. The Morgan fingerprint density at radius 3 is 1.68 bits per heavy atom. The number of benzene rings is 1. The van der Waals surface area contributed by atoms with Gasteiger partial charge in [-0.1, -0.05) is 82.4 Å². The standard InChI is InChI=1S/C20H35N.ClH/c1-4-5-6-7-8-9-10-11-12-13-18-21(3)20-16-14-19(2)15-17-20;/h14-17H,4-13,18H2,1-3H3;1H. The van der Waals surface area contributed by atoms with Gasteiger partial charge in [-0.05, 0) is 25.5 Å². The van der Waals surface area contributed by atoms with Crippen molar-refractivity contribution in [3.05, 3.63) is 29.8 Å². The Balaban J connectivity index is 0.00000441. The predicted molar refractivity (Wildman–Crippen MR) is 104 cm³/mol. The highest BCUT2D eigenvalue weighted by Crippen LogP contribution is 2.15. The van der Waals surface area contributed by atoms with Gasteiger partial charge in [-0.2, -0.15) is 0 Å². The Hall–Kier alpha value is -0.690. The lowest BCUT2D eigenvalue weighted by atomic mass is 10.1. The van der Waals surface area contributed by atoms with E-state index in [0.29, 0.717) is 0 Å². The SMILES string of the molecule is CCCCCCCCCCCCN(C)c1ccc(C)cc1.Cl. The van der Waals surface area contributed by atoms with E-state index in [1.165, 1.54) is 82.0 Å². The largest absolute Gasteiger partial charge is 0.375 e. The monoisotopic (exact) mass is 325 g/mol. The second-order valence-electron chi connectivity index (χ2n) is 6.44. The molecule has 0 unspecified atom stereocenters. The lowest BCUT2D eigenvalue weighted by Gasteiger charge is -2.19. The summed E-state index contributed by atoms with van der Waals surface area (Å²) in [6.45, 7) is 5.61. The first kappa shape index (κ1) is 21.3. The van der Waals surface area contributed by atoms with Crippen LogP contribution in [0.2, 0.25) is 0 Å². The highest BCUT2D eigenvalue weighted by Gasteiger charge is 2.00. The molecule has 0 spiro atoms. The lowest BCUT2D eigenvalue weighted by molar-refractivity contribution is 0.556. The molecule has 1 rings (SSSR count). The van der Waals surface area contributed by atoms with Gasteiger partial charge in [0.15, 0.2) is 0 Å². The summed E-state index contributed by atoms with van der Waals surface area (Å²) in [6, 6.07) is 8.85. The fraction of sp³-hybridized carbons (Fsp3) is 0.700. The molecule has 1 aromatic rings. The van der Waals surface area contributed by atoms with Crippen molar-refractivity contribution < 1.29 is 0 Å². The van der Waals surface area contributed by atoms with Crippen molar-refractivity contribution >= 4 is 18.1 Å². The summed E-state index contributed by atoms with van der Waals surface area (Å²) in [5, 5.41) is 0. The fourth-order valence-corrected chi connectivity index (χ4v) is 2.76. The quantitative estimate of drug-likeness (QED) is 0.383. The molecule has 0 N–H and O–H groups in total. The Labute approximate surface area is 144 Å². The van der Waals surface area contributed by atoms with E-state index in [1.807, 2.05) is 0 Å². The molecular formula is C20H36ClN. The molecule has 0 fully saturated rings. The second kappa shape index (κ2) is 13.9. The molecule has 0 radical (unpaired) electrons. The molecule has 0 heterocycles. The summed E-state index contributed by atoms with van der Waals surface area (Å²) in [5.74, 6) is 0. The normalized spacial score (nSPS) is 10.3. The van der Waals surface area contributed by atoms with Gasteiger partial charge >= 0.3 is 0 Å². The number of hydrogen-bond acceptors (Lipinski definition) is 1. The minimum atomic E-state index is 0. The van der Waals surface area contributed by atoms with Crippen LogP contribution in [0.5, 0.6) is 0 Å². The van der Waals surface area contributed by atoms with Crippen LogP contribution in [0.1, 0.15) is 76.7 Å². The van der Waals surface area contributed by atoms with Gasteiger partial charge in [-0.25, -0.2) is 0 Å². The Kier molecular flexibility index (Phi) is 13.5. The zero-order chi connectivity index (χ0) is 15.3. The number of rotatable bonds is 12. The molecule has 1 aromatic carbocycles. The number of halogens is 1. The summed E-state index contributed by atoms with van der Waals surface area (Å²) in [5.41, 5.74) is 2.68. The maximum Gasteiger partial charge on any atom is 0.0363 e. The molecule has 0 aromatic heterocycles. The molecule has 1 nitrogen and oxygen atoms in total. The van der Waals surface area contributed by atoms with Gasteiger partial charge in [0, 0.05) is 19.3 Å². The van der Waals surface area contributed by atoms with Crippen molar-refractivity contribution in [2.24, 2.45) is 0 Å². The van der Waals surface area contributed by atoms with E-state index >= 15 is 0 Å². The fourth-order valence-electron chi connectivity index (χ4n) is 2.76. The van der Waals surface area contributed by atoms with Crippen molar-refractivity contribution in [2.75, 3.05) is 18.5 Å². The maximum absolute atomic E-state index is 2.38. The first-order valence-electron chi connectivity index (χ1n) is 9.02. The van der Waals surface area contributed by atoms with Gasteiger partial charge in [-0.3, -0.25) is 0 Å². The van der Waals surface area contributed by atoms with Crippen LogP contribution >= 0.6 is 12.4 Å². The van der Waals surface area contributed by atoms with Crippen molar-refractivity contribution in [2.45, 2.75) is 78.1 Å². The molecule has 0 atom stereocenters. The van der Waals surface area contributed by atoms with Crippen molar-refractivity contribution in [1.82, 2.24) is 0 Å². The maximum atomic E-state index is 2.38. The Morgan fingerprint density at radius 1 is 0.727 bits per heavy atom. The average Bonchev–Trinajstić information content (AvgIpc) is 2.49. The van der Waals surface area contributed by atoms with Crippen LogP contribution in [0.4, 0.5) is 5.69 Å². The zero-order valence-electron chi connectivity index (χ0n) is 14.9. The van der Waals surface area contributed by atoms with E-state index in [9.17, 15) is 0 Å². The third kappa shape index (κ3) is 10.1. The Morgan fingerprint density at radius 2 is 1.18 bits per heavy atom. The van der Waals surface area contributed by atoms with E-state index in [1.54, 1.807) is 0 Å². The van der Waals surface area contributed by atoms with Crippen LogP contribution < -0.4 is 4.90 Å². The van der Waals surface area contributed by atoms with Crippen molar-refractivity contribution in [3.8, 4) is 0 Å². The molecule has 128 valence electrons. The molecule has 0 saturated heterocycles. The van der Waals surface area contributed by atoms with Crippen LogP contribution in [0.25, 0.3) is 0 Å². The highest BCUT2D eigenvalue weighted by atomic mass is 35.5. The Bertz CT molecular complexity index is 347. The molecule has 0 aliphatic carbocycles. The molecule has 0 aliphatic heterocycles. The van der Waals surface area contributed by atoms with Crippen molar-refractivity contribution in [1.29, 1.82) is 0 Å². The summed E-state index contributed by atoms with van der Waals surface area (Å²) >= 11 is 0. The van der Waals surface area contributed by atoms with E-state index in [4.69, 9.17) is 0 Å². The first-order chi connectivity index (χ1) is 10.2. The molecule has 0 aliphatic rings. The number of unbranched alkanes of at least 4 members (excludes halogenated alkanes) is 9. The average molecular weight is 326 g/mol. The van der Waals surface area contributed by atoms with Gasteiger partial charge in [-0.15, -0.1) is 12.4 Å². The summed E-state index contributed by atoms with van der Waals surface area (Å²) < 4.78 is 0.